The molecule has 1 amide bonds. The first-order valence-electron chi connectivity index (χ1n) is 5.70. The van der Waals surface area contributed by atoms with Crippen LogP contribution in [0.1, 0.15) is 10.5 Å². The molecular weight excluding hydrogens is 248 g/mol. The van der Waals surface area contributed by atoms with Crippen LogP contribution in [0.2, 0.25) is 0 Å². The van der Waals surface area contributed by atoms with Crippen LogP contribution in [0, 0.1) is 0 Å². The highest BCUT2D eigenvalue weighted by Crippen LogP contribution is 2.23. The molecule has 0 radical (unpaired) electrons. The Morgan fingerprint density at radius 3 is 2.89 bits per heavy atom. The number of hydrogen-bond acceptors (Lipinski definition) is 3. The molecule has 1 heterocycles. The van der Waals surface area contributed by atoms with Crippen LogP contribution in [0.15, 0.2) is 24.3 Å². The number of fused-ring (bicyclic) bond motifs is 1. The summed E-state index contributed by atoms with van der Waals surface area (Å²) in [7, 11) is 3.50. The predicted octanol–water partition coefficient (Wildman–Crippen LogP) is 1.85. The fourth-order valence-electron chi connectivity index (χ4n) is 1.91. The van der Waals surface area contributed by atoms with Gasteiger partial charge in [0, 0.05) is 30.8 Å². The van der Waals surface area contributed by atoms with Crippen molar-refractivity contribution in [3.8, 4) is 5.75 Å². The number of thiol groups is 1. The van der Waals surface area contributed by atoms with Gasteiger partial charge in [-0.3, -0.25) is 4.79 Å². The number of carbonyl (C=O) groups excluding carboxylic acids is 1. The summed E-state index contributed by atoms with van der Waals surface area (Å²) in [6.07, 6.45) is 0. The third kappa shape index (κ3) is 2.31. The van der Waals surface area contributed by atoms with Crippen molar-refractivity contribution in [1.82, 2.24) is 9.88 Å². The van der Waals surface area contributed by atoms with Gasteiger partial charge in [-0.05, 0) is 18.2 Å². The van der Waals surface area contributed by atoms with Gasteiger partial charge in [0.2, 0.25) is 0 Å². The number of carbonyl (C=O) groups is 1. The highest BCUT2D eigenvalue weighted by Gasteiger charge is 2.13. The molecule has 5 heteroatoms. The molecule has 1 aromatic carbocycles. The Hall–Kier alpha value is -1.62. The third-order valence-corrected chi connectivity index (χ3v) is 3.11. The minimum atomic E-state index is -0.0817. The van der Waals surface area contributed by atoms with Crippen molar-refractivity contribution in [3.63, 3.8) is 0 Å². The van der Waals surface area contributed by atoms with Crippen LogP contribution in [0.4, 0.5) is 0 Å². The van der Waals surface area contributed by atoms with Gasteiger partial charge in [-0.2, -0.15) is 12.6 Å². The molecule has 4 nitrogen and oxygen atoms in total. The number of ether oxygens (including phenoxy) is 1. The average molecular weight is 264 g/mol. The summed E-state index contributed by atoms with van der Waals surface area (Å²) >= 11 is 4.07. The molecule has 0 bridgehead atoms. The number of nitrogens with zero attached hydrogens (tertiary/aromatic N) is 1. The van der Waals surface area contributed by atoms with Gasteiger partial charge in [-0.15, -0.1) is 0 Å². The molecule has 1 N–H and O–H groups in total. The highest BCUT2D eigenvalue weighted by atomic mass is 32.1. The van der Waals surface area contributed by atoms with Crippen molar-refractivity contribution >= 4 is 29.4 Å². The SMILES string of the molecule is COc1ccc2cc(C(=O)NCCS)n(C)c2c1. The van der Waals surface area contributed by atoms with Crippen LogP contribution >= 0.6 is 12.6 Å². The maximum Gasteiger partial charge on any atom is 0.267 e. The summed E-state index contributed by atoms with van der Waals surface area (Å²) in [6, 6.07) is 7.63. The van der Waals surface area contributed by atoms with Crippen LogP contribution in [0.3, 0.4) is 0 Å². The van der Waals surface area contributed by atoms with Crippen molar-refractivity contribution in [2.45, 2.75) is 0 Å². The van der Waals surface area contributed by atoms with E-state index in [1.807, 2.05) is 35.9 Å². The van der Waals surface area contributed by atoms with Gasteiger partial charge in [-0.1, -0.05) is 0 Å². The van der Waals surface area contributed by atoms with E-state index in [1.165, 1.54) is 0 Å². The van der Waals surface area contributed by atoms with Crippen molar-refractivity contribution < 1.29 is 9.53 Å². The summed E-state index contributed by atoms with van der Waals surface area (Å²) in [5, 5.41) is 3.83. The number of aryl methyl sites for hydroxylation is 1. The minimum absolute atomic E-state index is 0.0817. The Morgan fingerprint density at radius 1 is 1.44 bits per heavy atom. The van der Waals surface area contributed by atoms with E-state index in [0.29, 0.717) is 18.0 Å². The molecule has 0 spiro atoms. The van der Waals surface area contributed by atoms with E-state index < -0.39 is 0 Å². The average Bonchev–Trinajstić information content (AvgIpc) is 2.73. The first-order chi connectivity index (χ1) is 8.67. The second kappa shape index (κ2) is 5.35. The molecule has 2 aromatic rings. The Bertz CT molecular complexity index is 578. The van der Waals surface area contributed by atoms with E-state index in [9.17, 15) is 4.79 Å². The Balaban J connectivity index is 2.41. The Labute approximate surface area is 111 Å². The second-order valence-corrected chi connectivity index (χ2v) is 4.44. The van der Waals surface area contributed by atoms with E-state index in [0.717, 1.165) is 16.7 Å². The normalized spacial score (nSPS) is 10.6. The van der Waals surface area contributed by atoms with Crippen LogP contribution in [-0.2, 0) is 7.05 Å². The maximum atomic E-state index is 12.0. The predicted molar refractivity (Wildman–Crippen MR) is 75.7 cm³/mol. The van der Waals surface area contributed by atoms with E-state index in [-0.39, 0.29) is 5.91 Å². The lowest BCUT2D eigenvalue weighted by Crippen LogP contribution is -2.26. The van der Waals surface area contributed by atoms with Crippen molar-refractivity contribution in [1.29, 1.82) is 0 Å². The number of rotatable bonds is 4. The second-order valence-electron chi connectivity index (χ2n) is 3.99. The molecule has 0 aliphatic rings. The minimum Gasteiger partial charge on any atom is -0.497 e. The van der Waals surface area contributed by atoms with Gasteiger partial charge in [0.15, 0.2) is 0 Å². The number of amides is 1. The molecule has 0 saturated heterocycles. The molecule has 0 fully saturated rings. The molecule has 96 valence electrons. The number of nitrogens with one attached hydrogen (secondary N) is 1. The molecular formula is C13H16N2O2S. The van der Waals surface area contributed by atoms with Crippen LogP contribution in [-0.4, -0.2) is 29.9 Å². The van der Waals surface area contributed by atoms with Gasteiger partial charge in [0.25, 0.3) is 5.91 Å². The van der Waals surface area contributed by atoms with Gasteiger partial charge >= 0.3 is 0 Å². The van der Waals surface area contributed by atoms with Crippen LogP contribution in [0.5, 0.6) is 5.75 Å². The lowest BCUT2D eigenvalue weighted by Gasteiger charge is -2.05. The molecule has 0 atom stereocenters. The molecule has 18 heavy (non-hydrogen) atoms. The summed E-state index contributed by atoms with van der Waals surface area (Å²) in [4.78, 5) is 12.0. The van der Waals surface area contributed by atoms with Gasteiger partial charge in [0.05, 0.1) is 12.6 Å². The monoisotopic (exact) mass is 264 g/mol. The standard InChI is InChI=1S/C13H16N2O2S/c1-15-11-8-10(17-2)4-3-9(11)7-12(15)13(16)14-5-6-18/h3-4,7-8,18H,5-6H2,1-2H3,(H,14,16). The number of aromatic nitrogens is 1. The van der Waals surface area contributed by atoms with Crippen molar-refractivity contribution in [2.75, 3.05) is 19.4 Å². The highest BCUT2D eigenvalue weighted by molar-refractivity contribution is 7.80. The summed E-state index contributed by atoms with van der Waals surface area (Å²) in [5.41, 5.74) is 1.62. The van der Waals surface area contributed by atoms with Gasteiger partial charge in [0.1, 0.15) is 11.4 Å². The molecule has 2 rings (SSSR count). The summed E-state index contributed by atoms with van der Waals surface area (Å²) < 4.78 is 7.05. The number of hydrogen-bond donors (Lipinski definition) is 2. The largest absolute Gasteiger partial charge is 0.497 e. The van der Waals surface area contributed by atoms with E-state index >= 15 is 0 Å². The van der Waals surface area contributed by atoms with Gasteiger partial charge in [-0.25, -0.2) is 0 Å². The van der Waals surface area contributed by atoms with Crippen molar-refractivity contribution in [2.24, 2.45) is 7.05 Å². The van der Waals surface area contributed by atoms with E-state index in [1.54, 1.807) is 7.11 Å². The molecule has 0 saturated carbocycles. The summed E-state index contributed by atoms with van der Waals surface area (Å²) in [6.45, 7) is 0.562. The smallest absolute Gasteiger partial charge is 0.267 e. The number of benzene rings is 1. The fourth-order valence-corrected chi connectivity index (χ4v) is 2.03. The summed E-state index contributed by atoms with van der Waals surface area (Å²) in [5.74, 6) is 1.33. The Kier molecular flexibility index (Phi) is 3.81. The zero-order chi connectivity index (χ0) is 13.1. The maximum absolute atomic E-state index is 12.0. The quantitative estimate of drug-likeness (QED) is 0.828. The lowest BCUT2D eigenvalue weighted by atomic mass is 10.2. The molecule has 0 aliphatic carbocycles. The zero-order valence-electron chi connectivity index (χ0n) is 10.4. The molecule has 1 aromatic heterocycles. The number of methoxy groups -OCH3 is 1. The Morgan fingerprint density at radius 2 is 2.22 bits per heavy atom. The van der Waals surface area contributed by atoms with Crippen LogP contribution < -0.4 is 10.1 Å². The first kappa shape index (κ1) is 12.8. The van der Waals surface area contributed by atoms with Crippen LogP contribution in [0.25, 0.3) is 10.9 Å². The lowest BCUT2D eigenvalue weighted by molar-refractivity contribution is 0.0948. The molecule has 0 unspecified atom stereocenters. The first-order valence-corrected chi connectivity index (χ1v) is 6.33. The van der Waals surface area contributed by atoms with E-state index in [2.05, 4.69) is 17.9 Å². The van der Waals surface area contributed by atoms with Gasteiger partial charge < -0.3 is 14.6 Å². The zero-order valence-corrected chi connectivity index (χ0v) is 11.3. The molecule has 0 aliphatic heterocycles. The van der Waals surface area contributed by atoms with Crippen molar-refractivity contribution in [3.05, 3.63) is 30.0 Å². The third-order valence-electron chi connectivity index (χ3n) is 2.88. The fraction of sp³-hybridized carbons (Fsp3) is 0.308. The van der Waals surface area contributed by atoms with E-state index in [4.69, 9.17) is 4.74 Å². The topological polar surface area (TPSA) is 43.3 Å².